The van der Waals surface area contributed by atoms with Gasteiger partial charge in [0.15, 0.2) is 0 Å². The summed E-state index contributed by atoms with van der Waals surface area (Å²) in [5, 5.41) is 0. The van der Waals surface area contributed by atoms with Gasteiger partial charge in [-0.2, -0.15) is 0 Å². The first-order valence-electron chi connectivity index (χ1n) is 5.98. The van der Waals surface area contributed by atoms with E-state index in [1.54, 1.807) is 0 Å². The highest BCUT2D eigenvalue weighted by atomic mass is 79.9. The number of benzene rings is 1. The van der Waals surface area contributed by atoms with Gasteiger partial charge in [0.25, 0.3) is 0 Å². The van der Waals surface area contributed by atoms with Crippen molar-refractivity contribution in [3.63, 3.8) is 0 Å². The third-order valence-corrected chi connectivity index (χ3v) is 3.98. The van der Waals surface area contributed by atoms with Gasteiger partial charge in [-0.05, 0) is 34.1 Å². The van der Waals surface area contributed by atoms with Gasteiger partial charge in [-0.15, -0.1) is 0 Å². The van der Waals surface area contributed by atoms with Crippen molar-refractivity contribution >= 4 is 44.3 Å². The third kappa shape index (κ3) is 3.64. The van der Waals surface area contributed by atoms with Gasteiger partial charge in [-0.25, -0.2) is 31.3 Å². The number of thiol groups is 1. The fraction of sp³-hybridized carbons (Fsp3) is 0.0769. The first-order chi connectivity index (χ1) is 10.8. The van der Waals surface area contributed by atoms with E-state index in [9.17, 15) is 22.0 Å². The monoisotopic (exact) mass is 406 g/mol. The van der Waals surface area contributed by atoms with Crippen LogP contribution < -0.4 is 4.31 Å². The molecule has 1 heterocycles. The van der Waals surface area contributed by atoms with E-state index in [4.69, 9.17) is 0 Å². The van der Waals surface area contributed by atoms with Gasteiger partial charge in [0, 0.05) is 16.7 Å². The number of carbonyl (C=O) groups excluding carboxylic acids is 1. The Balaban J connectivity index is 2.59. The van der Waals surface area contributed by atoms with Crippen molar-refractivity contribution in [2.45, 2.75) is 0 Å². The molecule has 0 bridgehead atoms. The summed E-state index contributed by atoms with van der Waals surface area (Å²) >= 11 is 3.13. The van der Waals surface area contributed by atoms with Crippen molar-refractivity contribution in [3.05, 3.63) is 52.1 Å². The minimum absolute atomic E-state index is 0.131. The Morgan fingerprint density at radius 1 is 1.26 bits per heavy atom. The van der Waals surface area contributed by atoms with E-state index in [1.165, 1.54) is 18.3 Å². The number of hydrogen-bond acceptors (Lipinski definition) is 5. The van der Waals surface area contributed by atoms with E-state index < -0.39 is 39.7 Å². The number of methoxy groups -OCH3 is 1. The van der Waals surface area contributed by atoms with Crippen LogP contribution in [0.2, 0.25) is 0 Å². The molecule has 0 aliphatic heterocycles. The summed E-state index contributed by atoms with van der Waals surface area (Å²) in [6, 6.07) is 3.96. The van der Waals surface area contributed by atoms with Crippen molar-refractivity contribution < 1.29 is 26.7 Å². The van der Waals surface area contributed by atoms with E-state index in [1.807, 2.05) is 0 Å². The lowest BCUT2D eigenvalue weighted by molar-refractivity contribution is 0.0595. The maximum absolute atomic E-state index is 14.2. The fourth-order valence-electron chi connectivity index (χ4n) is 1.75. The van der Waals surface area contributed by atoms with Crippen LogP contribution in [0.4, 0.5) is 20.3 Å². The second-order valence-corrected chi connectivity index (χ2v) is 5.95. The van der Waals surface area contributed by atoms with Crippen LogP contribution in [0.5, 0.6) is 0 Å². The molecule has 0 saturated heterocycles. The third-order valence-electron chi connectivity index (χ3n) is 2.76. The zero-order valence-corrected chi connectivity index (χ0v) is 14.0. The normalized spacial score (nSPS) is 10.7. The Morgan fingerprint density at radius 3 is 2.48 bits per heavy atom. The van der Waals surface area contributed by atoms with E-state index >= 15 is 0 Å². The molecular weight excluding hydrogens is 398 g/mol. The highest BCUT2D eigenvalue weighted by molar-refractivity contribution is 9.10. The molecule has 10 heteroatoms. The summed E-state index contributed by atoms with van der Waals surface area (Å²) in [4.78, 5) is 15.2. The number of halogens is 3. The van der Waals surface area contributed by atoms with Crippen LogP contribution >= 0.6 is 15.9 Å². The van der Waals surface area contributed by atoms with E-state index in [2.05, 4.69) is 25.7 Å². The molecule has 1 aromatic carbocycles. The maximum Gasteiger partial charge on any atom is 0.340 e. The van der Waals surface area contributed by atoms with Crippen molar-refractivity contribution in [1.29, 1.82) is 0 Å². The van der Waals surface area contributed by atoms with Crippen molar-refractivity contribution in [1.82, 2.24) is 4.98 Å². The summed E-state index contributed by atoms with van der Waals surface area (Å²) in [5.74, 6) is -3.44. The molecule has 122 valence electrons. The molecule has 0 unspecified atom stereocenters. The average molecular weight is 407 g/mol. The molecular formula is C13H9BrF2N2O4S. The van der Waals surface area contributed by atoms with Crippen LogP contribution in [0.1, 0.15) is 10.4 Å². The smallest absolute Gasteiger partial charge is 0.340 e. The molecule has 0 atom stereocenters. The summed E-state index contributed by atoms with van der Waals surface area (Å²) in [5.41, 5.74) is -1.24. The lowest BCUT2D eigenvalue weighted by atomic mass is 10.2. The van der Waals surface area contributed by atoms with Crippen molar-refractivity contribution in [2.75, 3.05) is 11.4 Å². The van der Waals surface area contributed by atoms with Crippen LogP contribution in [0, 0.1) is 11.6 Å². The molecule has 0 aliphatic rings. The molecule has 0 N–H and O–H groups in total. The van der Waals surface area contributed by atoms with Gasteiger partial charge >= 0.3 is 5.97 Å². The second kappa shape index (κ2) is 7.01. The van der Waals surface area contributed by atoms with Gasteiger partial charge < -0.3 is 4.74 Å². The zero-order valence-electron chi connectivity index (χ0n) is 11.5. The summed E-state index contributed by atoms with van der Waals surface area (Å²) in [7, 11) is -2.34. The lowest BCUT2D eigenvalue weighted by Crippen LogP contribution is -2.18. The molecule has 0 spiro atoms. The highest BCUT2D eigenvalue weighted by Gasteiger charge is 2.23. The lowest BCUT2D eigenvalue weighted by Gasteiger charge is -2.18. The Morgan fingerprint density at radius 2 is 1.96 bits per heavy atom. The van der Waals surface area contributed by atoms with E-state index in [-0.39, 0.29) is 5.82 Å². The van der Waals surface area contributed by atoms with Gasteiger partial charge in [-0.3, -0.25) is 0 Å². The van der Waals surface area contributed by atoms with E-state index in [0.29, 0.717) is 20.9 Å². The molecule has 1 aromatic heterocycles. The minimum Gasteiger partial charge on any atom is -0.465 e. The molecule has 6 nitrogen and oxygen atoms in total. The predicted molar refractivity (Wildman–Crippen MR) is 82.1 cm³/mol. The molecule has 0 fully saturated rings. The zero-order chi connectivity index (χ0) is 17.1. The number of rotatable bonds is 4. The molecule has 2 aromatic rings. The maximum atomic E-state index is 14.2. The molecule has 23 heavy (non-hydrogen) atoms. The Labute approximate surface area is 139 Å². The Kier molecular flexibility index (Phi) is 5.26. The number of anilines is 2. The van der Waals surface area contributed by atoms with Gasteiger partial charge in [0.1, 0.15) is 17.5 Å². The molecule has 0 saturated carbocycles. The second-order valence-electron chi connectivity index (χ2n) is 4.16. The van der Waals surface area contributed by atoms with Crippen molar-refractivity contribution in [2.24, 2.45) is 0 Å². The molecule has 2 rings (SSSR count). The van der Waals surface area contributed by atoms with Gasteiger partial charge in [-0.1, -0.05) is 0 Å². The Hall–Kier alpha value is -2.07. The SMILES string of the molecule is COC(=O)c1cc(F)c(N(c2ccc(Br)cn2)[SH](=O)=O)cc1F. The fourth-order valence-corrected chi connectivity index (χ4v) is 2.60. The number of hydrogen-bond donors (Lipinski definition) is 1. The average Bonchev–Trinajstić information content (AvgIpc) is 2.51. The topological polar surface area (TPSA) is 76.6 Å². The van der Waals surface area contributed by atoms with Crippen molar-refractivity contribution in [3.8, 4) is 0 Å². The number of esters is 1. The summed E-state index contributed by atoms with van der Waals surface area (Å²) in [6.07, 6.45) is 1.30. The largest absolute Gasteiger partial charge is 0.465 e. The number of ether oxygens (including phenoxy) is 1. The van der Waals surface area contributed by atoms with E-state index in [0.717, 1.165) is 7.11 Å². The van der Waals surface area contributed by atoms with Crippen LogP contribution in [-0.4, -0.2) is 26.5 Å². The number of aromatic nitrogens is 1. The molecule has 0 amide bonds. The van der Waals surface area contributed by atoms with Crippen LogP contribution in [0.3, 0.4) is 0 Å². The van der Waals surface area contributed by atoms with Crippen LogP contribution in [0.25, 0.3) is 0 Å². The van der Waals surface area contributed by atoms with Gasteiger partial charge in [0.2, 0.25) is 10.9 Å². The number of pyridine rings is 1. The van der Waals surface area contributed by atoms with Gasteiger partial charge in [0.05, 0.1) is 18.4 Å². The highest BCUT2D eigenvalue weighted by Crippen LogP contribution is 2.29. The standard InChI is InChI=1S/C13H9BrF2N2O4S/c1-22-13(19)8-4-10(16)11(5-9(8)15)18(23(20)21)12-3-2-7(14)6-17-12/h2-6,23H,1H3. The quantitative estimate of drug-likeness (QED) is 0.623. The van der Waals surface area contributed by atoms with Crippen LogP contribution in [-0.2, 0) is 15.6 Å². The number of nitrogens with zero attached hydrogens (tertiary/aromatic N) is 2. The Bertz CT molecular complexity index is 819. The molecule has 0 aliphatic carbocycles. The first-order valence-corrected chi connectivity index (χ1v) is 7.90. The predicted octanol–water partition coefficient (Wildman–Crippen LogP) is 2.57. The number of carbonyl (C=O) groups is 1. The first kappa shape index (κ1) is 17.3. The molecule has 0 radical (unpaired) electrons. The summed E-state index contributed by atoms with van der Waals surface area (Å²) < 4.78 is 56.4. The summed E-state index contributed by atoms with van der Waals surface area (Å²) in [6.45, 7) is 0. The minimum atomic E-state index is -3.35. The van der Waals surface area contributed by atoms with Crippen LogP contribution in [0.15, 0.2) is 34.9 Å².